The SMILES string of the molecule is Cc1c(C(=O)N2CCC(CO)(c3ccccc3)C2)sc2nccn12. The Bertz CT molecular complexity index is 886. The predicted molar refractivity (Wildman–Crippen MR) is 93.5 cm³/mol. The molecule has 3 aromatic rings. The van der Waals surface area contributed by atoms with Gasteiger partial charge in [0.2, 0.25) is 0 Å². The molecule has 5 nitrogen and oxygen atoms in total. The van der Waals surface area contributed by atoms with Crippen LogP contribution in [0.3, 0.4) is 0 Å². The van der Waals surface area contributed by atoms with Crippen LogP contribution >= 0.6 is 11.3 Å². The Balaban J connectivity index is 1.63. The van der Waals surface area contributed by atoms with Crippen LogP contribution in [-0.4, -0.2) is 45.0 Å². The van der Waals surface area contributed by atoms with Gasteiger partial charge in [0.1, 0.15) is 4.88 Å². The molecule has 1 fully saturated rings. The summed E-state index contributed by atoms with van der Waals surface area (Å²) in [6.45, 7) is 3.21. The summed E-state index contributed by atoms with van der Waals surface area (Å²) in [5, 5.41) is 10.0. The van der Waals surface area contributed by atoms with Crippen LogP contribution in [0.25, 0.3) is 4.96 Å². The molecule has 0 bridgehead atoms. The molecule has 4 rings (SSSR count). The van der Waals surface area contributed by atoms with Crippen molar-refractivity contribution in [3.8, 4) is 0 Å². The standard InChI is InChI=1S/C18H19N3O2S/c1-13-15(24-17-19-8-10-21(13)17)16(23)20-9-7-18(11-20,12-22)14-5-3-2-4-6-14/h2-6,8,10,22H,7,9,11-12H2,1H3. The van der Waals surface area contributed by atoms with E-state index in [0.717, 1.165) is 27.5 Å². The normalized spacial score (nSPS) is 20.8. The number of thiazole rings is 1. The Kier molecular flexibility index (Phi) is 3.66. The fourth-order valence-corrected chi connectivity index (χ4v) is 4.59. The van der Waals surface area contributed by atoms with Crippen molar-refractivity contribution in [2.24, 2.45) is 0 Å². The van der Waals surface area contributed by atoms with Crippen LogP contribution in [0.15, 0.2) is 42.7 Å². The summed E-state index contributed by atoms with van der Waals surface area (Å²) in [6, 6.07) is 10.0. The molecule has 0 radical (unpaired) electrons. The fraction of sp³-hybridized carbons (Fsp3) is 0.333. The van der Waals surface area contributed by atoms with E-state index in [0.29, 0.717) is 13.1 Å². The summed E-state index contributed by atoms with van der Waals surface area (Å²) in [4.78, 5) is 20.7. The minimum atomic E-state index is -0.359. The van der Waals surface area contributed by atoms with Crippen LogP contribution < -0.4 is 0 Å². The van der Waals surface area contributed by atoms with E-state index >= 15 is 0 Å². The van der Waals surface area contributed by atoms with Crippen molar-refractivity contribution in [2.45, 2.75) is 18.8 Å². The first-order chi connectivity index (χ1) is 11.6. The third-order valence-electron chi connectivity index (χ3n) is 5.01. The number of aromatic nitrogens is 2. The highest BCUT2D eigenvalue weighted by Crippen LogP contribution is 2.35. The molecule has 124 valence electrons. The van der Waals surface area contributed by atoms with Crippen molar-refractivity contribution in [1.82, 2.24) is 14.3 Å². The molecule has 1 amide bonds. The third kappa shape index (κ3) is 2.25. The van der Waals surface area contributed by atoms with Gasteiger partial charge in [-0.1, -0.05) is 41.7 Å². The lowest BCUT2D eigenvalue weighted by atomic mass is 9.80. The summed E-state index contributed by atoms with van der Waals surface area (Å²) in [5.74, 6) is 0.0363. The van der Waals surface area contributed by atoms with Crippen LogP contribution in [0.1, 0.15) is 27.3 Å². The van der Waals surface area contributed by atoms with Crippen molar-refractivity contribution in [3.63, 3.8) is 0 Å². The van der Waals surface area contributed by atoms with E-state index in [-0.39, 0.29) is 17.9 Å². The average Bonchev–Trinajstić information content (AvgIpc) is 3.32. The smallest absolute Gasteiger partial charge is 0.265 e. The van der Waals surface area contributed by atoms with E-state index in [1.54, 1.807) is 6.20 Å². The van der Waals surface area contributed by atoms with Crippen molar-refractivity contribution in [2.75, 3.05) is 19.7 Å². The number of likely N-dealkylation sites (tertiary alicyclic amines) is 1. The molecule has 1 aliphatic rings. The van der Waals surface area contributed by atoms with Gasteiger partial charge in [-0.25, -0.2) is 4.98 Å². The summed E-state index contributed by atoms with van der Waals surface area (Å²) < 4.78 is 1.95. The number of hydrogen-bond donors (Lipinski definition) is 1. The molecule has 1 saturated heterocycles. The maximum absolute atomic E-state index is 13.0. The van der Waals surface area contributed by atoms with Gasteiger partial charge in [-0.05, 0) is 18.9 Å². The zero-order chi connectivity index (χ0) is 16.7. The van der Waals surface area contributed by atoms with E-state index in [4.69, 9.17) is 0 Å². The molecule has 2 aromatic heterocycles. The number of nitrogens with zero attached hydrogens (tertiary/aromatic N) is 3. The molecule has 1 aromatic carbocycles. The van der Waals surface area contributed by atoms with Gasteiger partial charge in [-0.2, -0.15) is 0 Å². The largest absolute Gasteiger partial charge is 0.395 e. The van der Waals surface area contributed by atoms with Gasteiger partial charge >= 0.3 is 0 Å². The van der Waals surface area contributed by atoms with Crippen LogP contribution in [0.2, 0.25) is 0 Å². The van der Waals surface area contributed by atoms with Gasteiger partial charge in [-0.15, -0.1) is 0 Å². The molecule has 24 heavy (non-hydrogen) atoms. The lowest BCUT2D eigenvalue weighted by molar-refractivity contribution is 0.0778. The van der Waals surface area contributed by atoms with Gasteiger partial charge in [-0.3, -0.25) is 9.20 Å². The van der Waals surface area contributed by atoms with Gasteiger partial charge in [0.15, 0.2) is 4.96 Å². The average molecular weight is 341 g/mol. The van der Waals surface area contributed by atoms with E-state index < -0.39 is 0 Å². The fourth-order valence-electron chi connectivity index (χ4n) is 3.53. The van der Waals surface area contributed by atoms with Crippen molar-refractivity contribution in [3.05, 3.63) is 58.9 Å². The topological polar surface area (TPSA) is 57.8 Å². The first kappa shape index (κ1) is 15.4. The van der Waals surface area contributed by atoms with E-state index in [1.807, 2.05) is 52.8 Å². The van der Waals surface area contributed by atoms with Crippen LogP contribution in [0, 0.1) is 6.92 Å². The molecule has 0 aliphatic carbocycles. The summed E-state index contributed by atoms with van der Waals surface area (Å²) in [6.07, 6.45) is 4.40. The molecule has 0 saturated carbocycles. The number of carbonyl (C=O) groups excluding carboxylic acids is 1. The van der Waals surface area contributed by atoms with Gasteiger partial charge < -0.3 is 10.0 Å². The van der Waals surface area contributed by atoms with Gasteiger partial charge in [0, 0.05) is 36.6 Å². The second-order valence-electron chi connectivity index (χ2n) is 6.38. The summed E-state index contributed by atoms with van der Waals surface area (Å²) in [7, 11) is 0. The first-order valence-electron chi connectivity index (χ1n) is 8.03. The minimum absolute atomic E-state index is 0.0363. The lowest BCUT2D eigenvalue weighted by Crippen LogP contribution is -2.37. The highest BCUT2D eigenvalue weighted by atomic mass is 32.1. The third-order valence-corrected chi connectivity index (χ3v) is 6.17. The Labute approximate surface area is 144 Å². The summed E-state index contributed by atoms with van der Waals surface area (Å²) >= 11 is 1.43. The Morgan fingerprint density at radius 3 is 2.88 bits per heavy atom. The molecule has 6 heteroatoms. The van der Waals surface area contributed by atoms with Crippen molar-refractivity contribution >= 4 is 22.2 Å². The maximum Gasteiger partial charge on any atom is 0.265 e. The zero-order valence-corrected chi connectivity index (χ0v) is 14.3. The van der Waals surface area contributed by atoms with Gasteiger partial charge in [0.25, 0.3) is 5.91 Å². The number of aryl methyl sites for hydroxylation is 1. The number of carbonyl (C=O) groups is 1. The van der Waals surface area contributed by atoms with E-state index in [1.165, 1.54) is 11.3 Å². The van der Waals surface area contributed by atoms with Crippen LogP contribution in [0.5, 0.6) is 0 Å². The number of aliphatic hydroxyl groups is 1. The number of imidazole rings is 1. The molecule has 3 heterocycles. The number of benzene rings is 1. The zero-order valence-electron chi connectivity index (χ0n) is 13.5. The second-order valence-corrected chi connectivity index (χ2v) is 7.36. The Morgan fingerprint density at radius 1 is 1.38 bits per heavy atom. The lowest BCUT2D eigenvalue weighted by Gasteiger charge is -2.27. The van der Waals surface area contributed by atoms with Crippen molar-refractivity contribution < 1.29 is 9.90 Å². The van der Waals surface area contributed by atoms with Crippen LogP contribution in [0.4, 0.5) is 0 Å². The highest BCUT2D eigenvalue weighted by Gasteiger charge is 2.41. The summed E-state index contributed by atoms with van der Waals surface area (Å²) in [5.41, 5.74) is 1.67. The molecule has 0 spiro atoms. The Morgan fingerprint density at radius 2 is 2.17 bits per heavy atom. The monoisotopic (exact) mass is 341 g/mol. The van der Waals surface area contributed by atoms with Crippen molar-refractivity contribution in [1.29, 1.82) is 0 Å². The maximum atomic E-state index is 13.0. The quantitative estimate of drug-likeness (QED) is 0.796. The van der Waals surface area contributed by atoms with E-state index in [9.17, 15) is 9.90 Å². The molecular weight excluding hydrogens is 322 g/mol. The number of amides is 1. The minimum Gasteiger partial charge on any atom is -0.395 e. The number of hydrogen-bond acceptors (Lipinski definition) is 4. The molecule has 1 N–H and O–H groups in total. The molecule has 1 aliphatic heterocycles. The highest BCUT2D eigenvalue weighted by molar-refractivity contribution is 7.19. The second kappa shape index (κ2) is 5.72. The van der Waals surface area contributed by atoms with E-state index in [2.05, 4.69) is 4.98 Å². The number of fused-ring (bicyclic) bond motifs is 1. The predicted octanol–water partition coefficient (Wildman–Crippen LogP) is 2.48. The number of rotatable bonds is 3. The van der Waals surface area contributed by atoms with Crippen LogP contribution in [-0.2, 0) is 5.41 Å². The molecular formula is C18H19N3O2S. The Hall–Kier alpha value is -2.18. The first-order valence-corrected chi connectivity index (χ1v) is 8.84. The molecule has 1 atom stereocenters. The number of aliphatic hydroxyl groups excluding tert-OH is 1. The molecule has 1 unspecified atom stereocenters. The van der Waals surface area contributed by atoms with Gasteiger partial charge in [0.05, 0.1) is 6.61 Å².